The van der Waals surface area contributed by atoms with Crippen LogP contribution in [-0.4, -0.2) is 11.6 Å². The Kier molecular flexibility index (Phi) is 4.02. The molecule has 0 bridgehead atoms. The number of hydrogen-bond donors (Lipinski definition) is 1. The molecule has 18 heavy (non-hydrogen) atoms. The minimum atomic E-state index is 0.520. The third kappa shape index (κ3) is 3.38. The molecule has 1 aromatic heterocycles. The second kappa shape index (κ2) is 5.91. The van der Waals surface area contributed by atoms with Crippen molar-refractivity contribution in [1.82, 2.24) is 4.98 Å². The molecule has 2 aromatic rings. The molecule has 0 aliphatic carbocycles. The van der Waals surface area contributed by atoms with E-state index in [-0.39, 0.29) is 0 Å². The highest BCUT2D eigenvalue weighted by Gasteiger charge is 1.99. The highest BCUT2D eigenvalue weighted by Crippen LogP contribution is 2.22. The Balaban J connectivity index is 1.99. The van der Waals surface area contributed by atoms with Gasteiger partial charge in [-0.05, 0) is 36.8 Å². The first-order valence-electron chi connectivity index (χ1n) is 5.90. The quantitative estimate of drug-likeness (QED) is 0.877. The van der Waals surface area contributed by atoms with Crippen LogP contribution in [0.4, 0.5) is 5.69 Å². The Morgan fingerprint density at radius 2 is 1.78 bits per heavy atom. The third-order valence-corrected chi connectivity index (χ3v) is 2.28. The number of nitrogen functional groups attached to an aromatic ring is 1. The predicted molar refractivity (Wildman–Crippen MR) is 71.0 cm³/mol. The summed E-state index contributed by atoms with van der Waals surface area (Å²) in [5.41, 5.74) is 6.17. The number of nitrogens with zero attached hydrogens (tertiary/aromatic N) is 1. The van der Waals surface area contributed by atoms with E-state index in [0.717, 1.165) is 24.5 Å². The van der Waals surface area contributed by atoms with Crippen LogP contribution in [-0.2, 0) is 0 Å². The lowest BCUT2D eigenvalue weighted by Gasteiger charge is -2.07. The van der Waals surface area contributed by atoms with Gasteiger partial charge in [0.1, 0.15) is 11.5 Å². The molecule has 0 aliphatic rings. The van der Waals surface area contributed by atoms with E-state index in [1.165, 1.54) is 0 Å². The van der Waals surface area contributed by atoms with Crippen molar-refractivity contribution in [3.8, 4) is 17.4 Å². The Morgan fingerprint density at radius 3 is 2.39 bits per heavy atom. The molecule has 0 atom stereocenters. The zero-order chi connectivity index (χ0) is 12.8. The maximum Gasteiger partial charge on any atom is 0.219 e. The van der Waals surface area contributed by atoms with Crippen LogP contribution in [0.1, 0.15) is 13.3 Å². The van der Waals surface area contributed by atoms with E-state index in [2.05, 4.69) is 11.9 Å². The second-order valence-electron chi connectivity index (χ2n) is 3.85. The molecule has 0 saturated carbocycles. The van der Waals surface area contributed by atoms with Gasteiger partial charge in [0.2, 0.25) is 5.88 Å². The molecule has 94 valence electrons. The van der Waals surface area contributed by atoms with Gasteiger partial charge in [0.25, 0.3) is 0 Å². The lowest BCUT2D eigenvalue weighted by Crippen LogP contribution is -1.94. The molecule has 2 rings (SSSR count). The van der Waals surface area contributed by atoms with Crippen molar-refractivity contribution in [2.75, 3.05) is 12.3 Å². The van der Waals surface area contributed by atoms with Crippen LogP contribution in [0.5, 0.6) is 17.4 Å². The van der Waals surface area contributed by atoms with Crippen LogP contribution in [0.2, 0.25) is 0 Å². The molecule has 0 fully saturated rings. The molecule has 0 unspecified atom stereocenters. The third-order valence-electron chi connectivity index (χ3n) is 2.28. The van der Waals surface area contributed by atoms with E-state index in [0.29, 0.717) is 11.6 Å². The number of nitrogens with two attached hydrogens (primary N) is 1. The minimum absolute atomic E-state index is 0.520. The van der Waals surface area contributed by atoms with Gasteiger partial charge in [0, 0.05) is 6.07 Å². The summed E-state index contributed by atoms with van der Waals surface area (Å²) >= 11 is 0. The molecule has 1 aromatic carbocycles. The predicted octanol–water partition coefficient (Wildman–Crippen LogP) is 3.24. The van der Waals surface area contributed by atoms with Crippen LogP contribution >= 0.6 is 0 Å². The maximum atomic E-state index is 5.57. The van der Waals surface area contributed by atoms with E-state index in [4.69, 9.17) is 15.2 Å². The molecular formula is C14H16N2O2. The van der Waals surface area contributed by atoms with Gasteiger partial charge in [0.15, 0.2) is 0 Å². The Labute approximate surface area is 106 Å². The molecule has 0 spiro atoms. The van der Waals surface area contributed by atoms with Crippen molar-refractivity contribution >= 4 is 5.69 Å². The number of aromatic nitrogens is 1. The standard InChI is InChI=1S/C14H16N2O2/c1-2-9-17-12-4-6-13(7-5-12)18-14-8-3-11(15)10-16-14/h3-8,10H,2,9,15H2,1H3. The van der Waals surface area contributed by atoms with Crippen LogP contribution in [0, 0.1) is 0 Å². The SMILES string of the molecule is CCCOc1ccc(Oc2ccc(N)cn2)cc1. The molecule has 0 radical (unpaired) electrons. The van der Waals surface area contributed by atoms with Gasteiger partial charge in [-0.3, -0.25) is 0 Å². The average molecular weight is 244 g/mol. The molecule has 0 saturated heterocycles. The fraction of sp³-hybridized carbons (Fsp3) is 0.214. The van der Waals surface area contributed by atoms with Crippen molar-refractivity contribution in [2.45, 2.75) is 13.3 Å². The first-order chi connectivity index (χ1) is 8.78. The largest absolute Gasteiger partial charge is 0.494 e. The van der Waals surface area contributed by atoms with E-state index in [9.17, 15) is 0 Å². The fourth-order valence-corrected chi connectivity index (χ4v) is 1.40. The number of rotatable bonds is 5. The number of ether oxygens (including phenoxy) is 2. The maximum absolute atomic E-state index is 5.57. The molecule has 0 amide bonds. The van der Waals surface area contributed by atoms with Gasteiger partial charge in [0.05, 0.1) is 18.5 Å². The van der Waals surface area contributed by atoms with Gasteiger partial charge >= 0.3 is 0 Å². The summed E-state index contributed by atoms with van der Waals surface area (Å²) in [7, 11) is 0. The van der Waals surface area contributed by atoms with E-state index < -0.39 is 0 Å². The van der Waals surface area contributed by atoms with E-state index >= 15 is 0 Å². The fourth-order valence-electron chi connectivity index (χ4n) is 1.40. The summed E-state index contributed by atoms with van der Waals surface area (Å²) < 4.78 is 11.1. The lowest BCUT2D eigenvalue weighted by atomic mass is 10.3. The van der Waals surface area contributed by atoms with Gasteiger partial charge in [-0.15, -0.1) is 0 Å². The second-order valence-corrected chi connectivity index (χ2v) is 3.85. The summed E-state index contributed by atoms with van der Waals surface area (Å²) in [6.07, 6.45) is 2.56. The first-order valence-corrected chi connectivity index (χ1v) is 5.90. The van der Waals surface area contributed by atoms with Crippen LogP contribution in [0.15, 0.2) is 42.6 Å². The summed E-state index contributed by atoms with van der Waals surface area (Å²) in [4.78, 5) is 4.07. The normalized spacial score (nSPS) is 10.1. The van der Waals surface area contributed by atoms with E-state index in [1.807, 2.05) is 24.3 Å². The number of hydrogen-bond acceptors (Lipinski definition) is 4. The Hall–Kier alpha value is -2.23. The number of pyridine rings is 1. The van der Waals surface area contributed by atoms with Crippen molar-refractivity contribution in [2.24, 2.45) is 0 Å². The number of anilines is 1. The molecule has 4 heteroatoms. The van der Waals surface area contributed by atoms with Gasteiger partial charge in [-0.25, -0.2) is 4.98 Å². The highest BCUT2D eigenvalue weighted by molar-refractivity contribution is 5.38. The monoisotopic (exact) mass is 244 g/mol. The smallest absolute Gasteiger partial charge is 0.219 e. The molecule has 4 nitrogen and oxygen atoms in total. The highest BCUT2D eigenvalue weighted by atomic mass is 16.5. The van der Waals surface area contributed by atoms with Gasteiger partial charge < -0.3 is 15.2 Å². The zero-order valence-corrected chi connectivity index (χ0v) is 10.3. The van der Waals surface area contributed by atoms with Crippen molar-refractivity contribution in [3.63, 3.8) is 0 Å². The zero-order valence-electron chi connectivity index (χ0n) is 10.3. The molecule has 2 N–H and O–H groups in total. The molecule has 1 heterocycles. The van der Waals surface area contributed by atoms with E-state index in [1.54, 1.807) is 18.3 Å². The average Bonchev–Trinajstić information content (AvgIpc) is 2.41. The van der Waals surface area contributed by atoms with Gasteiger partial charge in [-0.2, -0.15) is 0 Å². The molecule has 0 aliphatic heterocycles. The van der Waals surface area contributed by atoms with Crippen LogP contribution in [0.25, 0.3) is 0 Å². The summed E-state index contributed by atoms with van der Waals surface area (Å²) in [5.74, 6) is 2.08. The topological polar surface area (TPSA) is 57.4 Å². The lowest BCUT2D eigenvalue weighted by molar-refractivity contribution is 0.317. The summed E-state index contributed by atoms with van der Waals surface area (Å²) in [6.45, 7) is 2.80. The Bertz CT molecular complexity index is 480. The first kappa shape index (κ1) is 12.2. The summed E-state index contributed by atoms with van der Waals surface area (Å²) in [5, 5.41) is 0. The van der Waals surface area contributed by atoms with Crippen molar-refractivity contribution in [3.05, 3.63) is 42.6 Å². The minimum Gasteiger partial charge on any atom is -0.494 e. The Morgan fingerprint density at radius 1 is 1.06 bits per heavy atom. The summed E-state index contributed by atoms with van der Waals surface area (Å²) in [6, 6.07) is 10.9. The van der Waals surface area contributed by atoms with Crippen LogP contribution < -0.4 is 15.2 Å². The van der Waals surface area contributed by atoms with Gasteiger partial charge in [-0.1, -0.05) is 6.92 Å². The van der Waals surface area contributed by atoms with Crippen LogP contribution in [0.3, 0.4) is 0 Å². The van der Waals surface area contributed by atoms with Crippen molar-refractivity contribution in [1.29, 1.82) is 0 Å². The number of benzene rings is 1. The molecular weight excluding hydrogens is 228 g/mol. The van der Waals surface area contributed by atoms with Crippen molar-refractivity contribution < 1.29 is 9.47 Å².